The molecule has 0 atom stereocenters. The largest absolute Gasteiger partial charge is 0.354 e. The molecule has 1 saturated heterocycles. The predicted octanol–water partition coefficient (Wildman–Crippen LogP) is 2.54. The number of alkyl halides is 1. The van der Waals surface area contributed by atoms with E-state index in [1.807, 2.05) is 11.8 Å². The van der Waals surface area contributed by atoms with Gasteiger partial charge >= 0.3 is 0 Å². The van der Waals surface area contributed by atoms with E-state index < -0.39 is 0 Å². The Morgan fingerprint density at radius 3 is 2.75 bits per heavy atom. The highest BCUT2D eigenvalue weighted by Crippen LogP contribution is 2.24. The fourth-order valence-corrected chi connectivity index (χ4v) is 2.33. The highest BCUT2D eigenvalue weighted by atomic mass is 79.9. The van der Waals surface area contributed by atoms with Crippen LogP contribution in [0.5, 0.6) is 0 Å². The van der Waals surface area contributed by atoms with Crippen molar-refractivity contribution >= 4 is 21.7 Å². The summed E-state index contributed by atoms with van der Waals surface area (Å²) in [5.41, 5.74) is 0.506. The number of hydrogen-bond donors (Lipinski definition) is 0. The van der Waals surface area contributed by atoms with Crippen molar-refractivity contribution in [1.82, 2.24) is 9.97 Å². The topological polar surface area (TPSA) is 29.0 Å². The quantitative estimate of drug-likeness (QED) is 0.783. The molecule has 0 bridgehead atoms. The minimum absolute atomic E-state index is 0.252. The van der Waals surface area contributed by atoms with E-state index in [1.165, 1.54) is 6.33 Å². The molecule has 3 nitrogen and oxygen atoms in total. The van der Waals surface area contributed by atoms with Gasteiger partial charge in [-0.25, -0.2) is 14.4 Å². The number of aromatic nitrogens is 2. The lowest BCUT2D eigenvalue weighted by atomic mass is 10.1. The third-order valence-electron chi connectivity index (χ3n) is 2.90. The Morgan fingerprint density at radius 1 is 1.44 bits per heavy atom. The maximum absolute atomic E-state index is 14.0. The molecule has 0 aromatic carbocycles. The average molecular weight is 288 g/mol. The molecule has 0 radical (unpaired) electrons. The zero-order valence-corrected chi connectivity index (χ0v) is 10.9. The van der Waals surface area contributed by atoms with E-state index in [-0.39, 0.29) is 5.82 Å². The van der Waals surface area contributed by atoms with Crippen LogP contribution in [0.2, 0.25) is 0 Å². The summed E-state index contributed by atoms with van der Waals surface area (Å²) >= 11 is 3.58. The van der Waals surface area contributed by atoms with Crippen molar-refractivity contribution in [2.75, 3.05) is 18.0 Å². The summed E-state index contributed by atoms with van der Waals surface area (Å²) in [6.45, 7) is 3.61. The monoisotopic (exact) mass is 287 g/mol. The first-order chi connectivity index (χ1) is 7.72. The second kappa shape index (κ2) is 5.08. The van der Waals surface area contributed by atoms with E-state index in [1.54, 1.807) is 0 Å². The summed E-state index contributed by atoms with van der Waals surface area (Å²) in [5.74, 6) is 0.212. The molecule has 2 heterocycles. The highest BCUT2D eigenvalue weighted by molar-refractivity contribution is 9.09. The van der Waals surface area contributed by atoms with Crippen molar-refractivity contribution in [3.8, 4) is 0 Å². The summed E-state index contributed by atoms with van der Waals surface area (Å²) in [6.07, 6.45) is 4.13. The Hall–Kier alpha value is -0.710. The van der Waals surface area contributed by atoms with Crippen LogP contribution < -0.4 is 4.90 Å². The van der Waals surface area contributed by atoms with Crippen LogP contribution in [0.1, 0.15) is 25.5 Å². The van der Waals surface area contributed by atoms with E-state index in [0.717, 1.165) is 25.9 Å². The Morgan fingerprint density at radius 2 is 2.12 bits per heavy atom. The molecule has 5 heteroatoms. The van der Waals surface area contributed by atoms with Gasteiger partial charge < -0.3 is 4.90 Å². The first-order valence-electron chi connectivity index (χ1n) is 5.60. The molecule has 88 valence electrons. The van der Waals surface area contributed by atoms with Gasteiger partial charge in [0.25, 0.3) is 0 Å². The SMILES string of the molecule is CCc1ncnc(N2CCC(Br)CC2)c1F. The maximum Gasteiger partial charge on any atom is 0.187 e. The van der Waals surface area contributed by atoms with Crippen LogP contribution in [0.3, 0.4) is 0 Å². The van der Waals surface area contributed by atoms with Crippen molar-refractivity contribution in [1.29, 1.82) is 0 Å². The van der Waals surface area contributed by atoms with Crippen LogP contribution in [0.4, 0.5) is 10.2 Å². The van der Waals surface area contributed by atoms with Crippen molar-refractivity contribution in [2.45, 2.75) is 31.0 Å². The number of nitrogens with zero attached hydrogens (tertiary/aromatic N) is 3. The Labute approximate surface area is 103 Å². The van der Waals surface area contributed by atoms with Gasteiger partial charge in [0, 0.05) is 17.9 Å². The number of aryl methyl sites for hydroxylation is 1. The summed E-state index contributed by atoms with van der Waals surface area (Å²) in [5, 5.41) is 0. The Bertz CT molecular complexity index is 364. The lowest BCUT2D eigenvalue weighted by molar-refractivity contribution is 0.549. The van der Waals surface area contributed by atoms with Gasteiger partial charge in [-0.3, -0.25) is 0 Å². The first-order valence-corrected chi connectivity index (χ1v) is 6.52. The molecule has 0 amide bonds. The predicted molar refractivity (Wildman–Crippen MR) is 65.5 cm³/mol. The smallest absolute Gasteiger partial charge is 0.187 e. The Kier molecular flexibility index (Phi) is 3.74. The van der Waals surface area contributed by atoms with Crippen molar-refractivity contribution in [2.24, 2.45) is 0 Å². The van der Waals surface area contributed by atoms with Gasteiger partial charge in [-0.15, -0.1) is 0 Å². The molecule has 16 heavy (non-hydrogen) atoms. The highest BCUT2D eigenvalue weighted by Gasteiger charge is 2.21. The third kappa shape index (κ3) is 2.34. The van der Waals surface area contributed by atoms with Gasteiger partial charge in [0.15, 0.2) is 11.6 Å². The number of anilines is 1. The molecular formula is C11H15BrFN3. The van der Waals surface area contributed by atoms with Crippen LogP contribution >= 0.6 is 15.9 Å². The zero-order chi connectivity index (χ0) is 11.5. The number of halogens is 2. The van der Waals surface area contributed by atoms with Crippen LogP contribution in [0.15, 0.2) is 6.33 Å². The van der Waals surface area contributed by atoms with Crippen molar-refractivity contribution < 1.29 is 4.39 Å². The lowest BCUT2D eigenvalue weighted by Gasteiger charge is -2.30. The molecule has 0 saturated carbocycles. The van der Waals surface area contributed by atoms with Gasteiger partial charge in [-0.05, 0) is 19.3 Å². The van der Waals surface area contributed by atoms with Gasteiger partial charge in [-0.1, -0.05) is 22.9 Å². The molecule has 0 aliphatic carbocycles. The molecule has 1 aliphatic rings. The van der Waals surface area contributed by atoms with Crippen LogP contribution in [-0.4, -0.2) is 27.9 Å². The van der Waals surface area contributed by atoms with E-state index in [0.29, 0.717) is 22.8 Å². The fraction of sp³-hybridized carbons (Fsp3) is 0.636. The minimum Gasteiger partial charge on any atom is -0.354 e. The maximum atomic E-state index is 14.0. The fourth-order valence-electron chi connectivity index (χ4n) is 1.92. The van der Waals surface area contributed by atoms with Gasteiger partial charge in [0.2, 0.25) is 0 Å². The standard InChI is InChI=1S/C11H15BrFN3/c1-2-9-10(13)11(15-7-14-9)16-5-3-8(12)4-6-16/h7-8H,2-6H2,1H3. The van der Waals surface area contributed by atoms with Gasteiger partial charge in [0.1, 0.15) is 6.33 Å². The molecule has 0 N–H and O–H groups in total. The zero-order valence-electron chi connectivity index (χ0n) is 9.29. The van der Waals surface area contributed by atoms with E-state index in [4.69, 9.17) is 0 Å². The molecule has 1 aromatic heterocycles. The molecule has 0 unspecified atom stereocenters. The first kappa shape index (κ1) is 11.8. The molecule has 2 rings (SSSR count). The minimum atomic E-state index is -0.252. The number of rotatable bonds is 2. The third-order valence-corrected chi connectivity index (χ3v) is 3.82. The van der Waals surface area contributed by atoms with Gasteiger partial charge in [0.05, 0.1) is 5.69 Å². The van der Waals surface area contributed by atoms with Crippen molar-refractivity contribution in [3.05, 3.63) is 17.8 Å². The van der Waals surface area contributed by atoms with E-state index in [9.17, 15) is 4.39 Å². The molecule has 1 aliphatic heterocycles. The Balaban J connectivity index is 2.20. The second-order valence-corrected chi connectivity index (χ2v) is 5.27. The number of piperidine rings is 1. The number of hydrogen-bond acceptors (Lipinski definition) is 3. The average Bonchev–Trinajstić information content (AvgIpc) is 2.31. The summed E-state index contributed by atoms with van der Waals surface area (Å²) in [6, 6.07) is 0. The molecule has 1 aromatic rings. The van der Waals surface area contributed by atoms with Crippen molar-refractivity contribution in [3.63, 3.8) is 0 Å². The normalized spacial score (nSPS) is 17.8. The molecular weight excluding hydrogens is 273 g/mol. The van der Waals surface area contributed by atoms with Crippen LogP contribution in [0.25, 0.3) is 0 Å². The summed E-state index contributed by atoms with van der Waals surface area (Å²) in [7, 11) is 0. The lowest BCUT2D eigenvalue weighted by Crippen LogP contribution is -2.35. The van der Waals surface area contributed by atoms with Crippen LogP contribution in [-0.2, 0) is 6.42 Å². The molecule has 0 spiro atoms. The van der Waals surface area contributed by atoms with E-state index >= 15 is 0 Å². The second-order valence-electron chi connectivity index (χ2n) is 3.97. The van der Waals surface area contributed by atoms with Crippen LogP contribution in [0, 0.1) is 5.82 Å². The van der Waals surface area contributed by atoms with Gasteiger partial charge in [-0.2, -0.15) is 0 Å². The molecule has 1 fully saturated rings. The summed E-state index contributed by atoms with van der Waals surface area (Å²) in [4.78, 5) is 10.6. The summed E-state index contributed by atoms with van der Waals surface area (Å²) < 4.78 is 14.0. The van der Waals surface area contributed by atoms with E-state index in [2.05, 4.69) is 25.9 Å².